The molecule has 0 spiro atoms. The molecule has 2 fully saturated rings. The van der Waals surface area contributed by atoms with E-state index in [2.05, 4.69) is 15.1 Å². The van der Waals surface area contributed by atoms with E-state index < -0.39 is 0 Å². The summed E-state index contributed by atoms with van der Waals surface area (Å²) in [4.78, 5) is 30.3. The first kappa shape index (κ1) is 22.2. The monoisotopic (exact) mass is 430 g/mol. The molecular formula is C23H34N4O4. The fraction of sp³-hybridized carbons (Fsp3) is 0.652. The lowest BCUT2D eigenvalue weighted by Crippen LogP contribution is -2.47. The first-order valence-electron chi connectivity index (χ1n) is 11.3. The predicted octanol–water partition coefficient (Wildman–Crippen LogP) is 0.313. The van der Waals surface area contributed by atoms with Gasteiger partial charge in [0.15, 0.2) is 0 Å². The van der Waals surface area contributed by atoms with Crippen molar-refractivity contribution >= 4 is 12.0 Å². The first-order valence-corrected chi connectivity index (χ1v) is 11.3. The number of aliphatic hydroxyl groups is 1. The number of aromatic nitrogens is 1. The number of likely N-dealkylation sites (tertiary alicyclic amines) is 1. The summed E-state index contributed by atoms with van der Waals surface area (Å²) in [5.74, 6) is -0.177. The van der Waals surface area contributed by atoms with Gasteiger partial charge in [-0.05, 0) is 39.1 Å². The van der Waals surface area contributed by atoms with Crippen LogP contribution in [0.1, 0.15) is 30.6 Å². The largest absolute Gasteiger partial charge is 0.396 e. The van der Waals surface area contributed by atoms with Crippen molar-refractivity contribution in [2.45, 2.75) is 32.0 Å². The molecule has 4 heterocycles. The summed E-state index contributed by atoms with van der Waals surface area (Å²) in [5.41, 5.74) is 1.61. The van der Waals surface area contributed by atoms with Crippen molar-refractivity contribution in [2.75, 3.05) is 53.0 Å². The highest BCUT2D eigenvalue weighted by molar-refractivity contribution is 5.82. The maximum Gasteiger partial charge on any atom is 0.258 e. The van der Waals surface area contributed by atoms with Crippen LogP contribution in [0.4, 0.5) is 0 Å². The number of allylic oxidation sites excluding steroid dienone is 1. The molecule has 1 aromatic rings. The summed E-state index contributed by atoms with van der Waals surface area (Å²) < 4.78 is 7.19. The molecule has 0 aliphatic carbocycles. The Hall–Kier alpha value is -2.00. The number of morpholine rings is 1. The average Bonchev–Trinajstić information content (AvgIpc) is 3.29. The molecule has 0 unspecified atom stereocenters. The Kier molecular flexibility index (Phi) is 6.91. The minimum Gasteiger partial charge on any atom is -0.396 e. The molecule has 0 radical (unpaired) electrons. The maximum absolute atomic E-state index is 13.1. The van der Waals surface area contributed by atoms with Crippen molar-refractivity contribution in [2.24, 2.45) is 11.8 Å². The normalized spacial score (nSPS) is 28.7. The molecule has 31 heavy (non-hydrogen) atoms. The molecule has 0 saturated carbocycles. The molecule has 4 atom stereocenters. The Morgan fingerprint density at radius 3 is 2.81 bits per heavy atom. The number of amides is 1. The van der Waals surface area contributed by atoms with Crippen LogP contribution >= 0.6 is 0 Å². The number of pyridine rings is 1. The summed E-state index contributed by atoms with van der Waals surface area (Å²) in [6, 6.07) is 3.43. The number of hydrogen-bond acceptors (Lipinski definition) is 6. The van der Waals surface area contributed by atoms with E-state index in [-0.39, 0.29) is 42.0 Å². The van der Waals surface area contributed by atoms with Gasteiger partial charge in [0.1, 0.15) is 0 Å². The van der Waals surface area contributed by atoms with Gasteiger partial charge < -0.3 is 19.7 Å². The van der Waals surface area contributed by atoms with Crippen molar-refractivity contribution < 1.29 is 14.6 Å². The smallest absolute Gasteiger partial charge is 0.258 e. The first-order chi connectivity index (χ1) is 15.1. The van der Waals surface area contributed by atoms with Crippen LogP contribution in [0.5, 0.6) is 0 Å². The van der Waals surface area contributed by atoms with E-state index in [0.29, 0.717) is 18.7 Å². The minimum atomic E-state index is -0.387. The Balaban J connectivity index is 1.42. The molecule has 3 aliphatic rings. The Bertz CT molecular complexity index is 877. The molecule has 1 amide bonds. The third-order valence-corrected chi connectivity index (χ3v) is 7.05. The minimum absolute atomic E-state index is 0.000737. The van der Waals surface area contributed by atoms with Gasteiger partial charge in [0.05, 0.1) is 25.3 Å². The highest BCUT2D eigenvalue weighted by Gasteiger charge is 2.54. The number of nitrogens with zero attached hydrogens (tertiary/aromatic N) is 3. The topological polar surface area (TPSA) is 87.0 Å². The lowest BCUT2D eigenvalue weighted by molar-refractivity contribution is -0.127. The predicted molar refractivity (Wildman–Crippen MR) is 119 cm³/mol. The quantitative estimate of drug-likeness (QED) is 0.606. The van der Waals surface area contributed by atoms with E-state index in [9.17, 15) is 14.7 Å². The highest BCUT2D eigenvalue weighted by Crippen LogP contribution is 2.48. The highest BCUT2D eigenvalue weighted by atomic mass is 16.5. The van der Waals surface area contributed by atoms with Crippen molar-refractivity contribution in [1.29, 1.82) is 0 Å². The van der Waals surface area contributed by atoms with Gasteiger partial charge in [-0.3, -0.25) is 19.4 Å². The number of hydrogen-bond donors (Lipinski definition) is 2. The Morgan fingerprint density at radius 1 is 1.32 bits per heavy atom. The third kappa shape index (κ3) is 4.22. The fourth-order valence-corrected chi connectivity index (χ4v) is 5.54. The number of carbonyl (C=O) groups is 1. The van der Waals surface area contributed by atoms with E-state index in [0.717, 1.165) is 45.0 Å². The van der Waals surface area contributed by atoms with Crippen LogP contribution in [-0.2, 0) is 16.1 Å². The number of likely N-dealkylation sites (N-methyl/N-ethyl adjacent to an activating group) is 1. The zero-order valence-electron chi connectivity index (χ0n) is 18.5. The molecule has 0 aromatic carbocycles. The molecule has 8 nitrogen and oxygen atoms in total. The number of nitrogens with one attached hydrogen (secondary N) is 1. The molecule has 8 heteroatoms. The van der Waals surface area contributed by atoms with Gasteiger partial charge in [-0.1, -0.05) is 12.2 Å². The molecule has 1 aromatic heterocycles. The second-order valence-electron chi connectivity index (χ2n) is 8.79. The number of rotatable bonds is 7. The van der Waals surface area contributed by atoms with E-state index >= 15 is 0 Å². The SMILES string of the molecule is C/C=C/c1ccc2n(c1=O)C[C@H]1[C@H](CO)[C@@H](C(=O)NCCCN3CCOCC3)N(C)[C@@H]21. The molecule has 0 bridgehead atoms. The third-order valence-electron chi connectivity index (χ3n) is 7.05. The van der Waals surface area contributed by atoms with Crippen molar-refractivity contribution in [1.82, 2.24) is 19.7 Å². The molecule has 170 valence electrons. The average molecular weight is 431 g/mol. The van der Waals surface area contributed by atoms with Crippen molar-refractivity contribution in [3.8, 4) is 0 Å². The van der Waals surface area contributed by atoms with E-state index in [4.69, 9.17) is 4.74 Å². The lowest BCUT2D eigenvalue weighted by atomic mass is 9.88. The summed E-state index contributed by atoms with van der Waals surface area (Å²) in [5, 5.41) is 13.2. The fourth-order valence-electron chi connectivity index (χ4n) is 5.54. The van der Waals surface area contributed by atoms with Crippen molar-refractivity contribution in [3.05, 3.63) is 39.8 Å². The zero-order chi connectivity index (χ0) is 22.0. The van der Waals surface area contributed by atoms with Gasteiger partial charge in [-0.2, -0.15) is 0 Å². The van der Waals surface area contributed by atoms with Gasteiger partial charge >= 0.3 is 0 Å². The molecule has 3 aliphatic heterocycles. The van der Waals surface area contributed by atoms with E-state index in [1.165, 1.54) is 0 Å². The van der Waals surface area contributed by atoms with Crippen LogP contribution in [0.2, 0.25) is 0 Å². The second-order valence-corrected chi connectivity index (χ2v) is 8.79. The molecule has 2 N–H and O–H groups in total. The van der Waals surface area contributed by atoms with Crippen molar-refractivity contribution in [3.63, 3.8) is 0 Å². The lowest BCUT2D eigenvalue weighted by Gasteiger charge is -2.28. The Labute approximate surface area is 183 Å². The summed E-state index contributed by atoms with van der Waals surface area (Å²) >= 11 is 0. The van der Waals surface area contributed by atoms with Crippen LogP contribution in [0, 0.1) is 11.8 Å². The molecule has 4 rings (SSSR count). The Morgan fingerprint density at radius 2 is 2.10 bits per heavy atom. The van der Waals surface area contributed by atoms with Crippen LogP contribution in [0.25, 0.3) is 6.08 Å². The van der Waals surface area contributed by atoms with E-state index in [1.54, 1.807) is 0 Å². The number of carbonyl (C=O) groups excluding carboxylic acids is 1. The van der Waals surface area contributed by atoms with Crippen LogP contribution < -0.4 is 10.9 Å². The standard InChI is InChI=1S/C23H34N4O4/c1-3-5-16-6-7-19-20-17(14-27(19)23(16)30)18(15-28)21(25(20)2)22(29)24-8-4-9-26-10-12-31-13-11-26/h3,5-7,17-18,20-21,28H,4,8-15H2,1-2H3,(H,24,29)/b5-3+/t17-,18-,20+,21-/m0/s1. The van der Waals surface area contributed by atoms with Gasteiger partial charge in [0, 0.05) is 55.9 Å². The number of fused-ring (bicyclic) bond motifs is 3. The summed E-state index contributed by atoms with van der Waals surface area (Å²) in [6.45, 7) is 7.39. The molecular weight excluding hydrogens is 396 g/mol. The summed E-state index contributed by atoms with van der Waals surface area (Å²) in [7, 11) is 1.94. The summed E-state index contributed by atoms with van der Waals surface area (Å²) in [6.07, 6.45) is 4.58. The maximum atomic E-state index is 13.1. The van der Waals surface area contributed by atoms with Crippen LogP contribution in [0.3, 0.4) is 0 Å². The van der Waals surface area contributed by atoms with Gasteiger partial charge in [0.2, 0.25) is 5.91 Å². The van der Waals surface area contributed by atoms with Crippen LogP contribution in [0.15, 0.2) is 23.0 Å². The van der Waals surface area contributed by atoms with Gasteiger partial charge in [-0.25, -0.2) is 0 Å². The van der Waals surface area contributed by atoms with Gasteiger partial charge in [-0.15, -0.1) is 0 Å². The molecule has 2 saturated heterocycles. The zero-order valence-corrected chi connectivity index (χ0v) is 18.5. The number of aliphatic hydroxyl groups excluding tert-OH is 1. The van der Waals surface area contributed by atoms with E-state index in [1.807, 2.05) is 42.8 Å². The number of ether oxygens (including phenoxy) is 1. The van der Waals surface area contributed by atoms with Gasteiger partial charge in [0.25, 0.3) is 5.56 Å². The van der Waals surface area contributed by atoms with Crippen LogP contribution in [-0.4, -0.2) is 84.5 Å². The second kappa shape index (κ2) is 9.65.